The summed E-state index contributed by atoms with van der Waals surface area (Å²) < 4.78 is 5.64. The molecule has 122 valence electrons. The fraction of sp³-hybridized carbons (Fsp3) is 0.706. The SMILES string of the molecule is NC(=NCC(c1ccco1)N1CCCCC1)NC1CCCC1. The van der Waals surface area contributed by atoms with E-state index in [0.29, 0.717) is 18.5 Å². The summed E-state index contributed by atoms with van der Waals surface area (Å²) in [4.78, 5) is 7.08. The number of likely N-dealkylation sites (tertiary alicyclic amines) is 1. The summed E-state index contributed by atoms with van der Waals surface area (Å²) in [6.07, 6.45) is 10.6. The molecule has 5 heteroatoms. The predicted octanol–water partition coefficient (Wildman–Crippen LogP) is 2.65. The first kappa shape index (κ1) is 15.4. The molecular formula is C17H28N4O. The molecule has 0 aromatic carbocycles. The van der Waals surface area contributed by atoms with Crippen LogP contribution < -0.4 is 11.1 Å². The molecule has 2 aliphatic rings. The molecule has 1 atom stereocenters. The maximum absolute atomic E-state index is 6.07. The summed E-state index contributed by atoms with van der Waals surface area (Å²) in [6.45, 7) is 2.91. The van der Waals surface area contributed by atoms with Crippen LogP contribution in [0, 0.1) is 0 Å². The maximum atomic E-state index is 6.07. The highest BCUT2D eigenvalue weighted by molar-refractivity contribution is 5.78. The van der Waals surface area contributed by atoms with Crippen LogP contribution in [0.2, 0.25) is 0 Å². The Kier molecular flexibility index (Phi) is 5.38. The van der Waals surface area contributed by atoms with Gasteiger partial charge in [-0.1, -0.05) is 19.3 Å². The lowest BCUT2D eigenvalue weighted by atomic mass is 10.1. The minimum atomic E-state index is 0.208. The largest absolute Gasteiger partial charge is 0.468 e. The zero-order chi connectivity index (χ0) is 15.2. The molecule has 0 spiro atoms. The fourth-order valence-electron chi connectivity index (χ4n) is 3.61. The van der Waals surface area contributed by atoms with Gasteiger partial charge < -0.3 is 15.5 Å². The molecule has 22 heavy (non-hydrogen) atoms. The van der Waals surface area contributed by atoms with Gasteiger partial charge in [-0.2, -0.15) is 0 Å². The van der Waals surface area contributed by atoms with Crippen LogP contribution in [0.15, 0.2) is 27.8 Å². The van der Waals surface area contributed by atoms with Gasteiger partial charge in [0.15, 0.2) is 5.96 Å². The molecule has 1 saturated carbocycles. The zero-order valence-electron chi connectivity index (χ0n) is 13.3. The van der Waals surface area contributed by atoms with E-state index in [4.69, 9.17) is 10.2 Å². The van der Waals surface area contributed by atoms with E-state index < -0.39 is 0 Å². The fourth-order valence-corrected chi connectivity index (χ4v) is 3.61. The van der Waals surface area contributed by atoms with Crippen LogP contribution in [-0.2, 0) is 0 Å². The Labute approximate surface area is 133 Å². The molecular weight excluding hydrogens is 276 g/mol. The Morgan fingerprint density at radius 1 is 1.27 bits per heavy atom. The van der Waals surface area contributed by atoms with Crippen molar-refractivity contribution in [2.45, 2.75) is 57.0 Å². The number of furan rings is 1. The van der Waals surface area contributed by atoms with Crippen molar-refractivity contribution >= 4 is 5.96 Å². The molecule has 1 aliphatic heterocycles. The Morgan fingerprint density at radius 2 is 2.05 bits per heavy atom. The molecule has 0 radical (unpaired) electrons. The molecule has 2 heterocycles. The second-order valence-corrected chi connectivity index (χ2v) is 6.48. The molecule has 0 bridgehead atoms. The van der Waals surface area contributed by atoms with E-state index in [-0.39, 0.29) is 6.04 Å². The van der Waals surface area contributed by atoms with Crippen molar-refractivity contribution in [3.63, 3.8) is 0 Å². The highest BCUT2D eigenvalue weighted by atomic mass is 16.3. The molecule has 3 rings (SSSR count). The van der Waals surface area contributed by atoms with Crippen molar-refractivity contribution in [1.82, 2.24) is 10.2 Å². The summed E-state index contributed by atoms with van der Waals surface area (Å²) >= 11 is 0. The predicted molar refractivity (Wildman–Crippen MR) is 88.8 cm³/mol. The second-order valence-electron chi connectivity index (χ2n) is 6.48. The average molecular weight is 304 g/mol. The summed E-state index contributed by atoms with van der Waals surface area (Å²) in [7, 11) is 0. The Balaban J connectivity index is 1.61. The van der Waals surface area contributed by atoms with Crippen LogP contribution in [0.4, 0.5) is 0 Å². The van der Waals surface area contributed by atoms with Gasteiger partial charge in [-0.05, 0) is 50.9 Å². The van der Waals surface area contributed by atoms with Gasteiger partial charge in [0.1, 0.15) is 5.76 Å². The summed E-state index contributed by atoms with van der Waals surface area (Å²) in [5.41, 5.74) is 6.07. The Hall–Kier alpha value is -1.49. The van der Waals surface area contributed by atoms with Crippen molar-refractivity contribution in [1.29, 1.82) is 0 Å². The Bertz CT molecular complexity index is 459. The lowest BCUT2D eigenvalue weighted by molar-refractivity contribution is 0.150. The number of guanidine groups is 1. The van der Waals surface area contributed by atoms with Gasteiger partial charge in [0.05, 0.1) is 18.8 Å². The normalized spacial score (nSPS) is 22.8. The minimum Gasteiger partial charge on any atom is -0.468 e. The molecule has 1 aromatic heterocycles. The molecule has 0 amide bonds. The Morgan fingerprint density at radius 3 is 2.73 bits per heavy atom. The van der Waals surface area contributed by atoms with Crippen molar-refractivity contribution in [3.05, 3.63) is 24.2 Å². The molecule has 2 fully saturated rings. The van der Waals surface area contributed by atoms with Crippen molar-refractivity contribution in [2.24, 2.45) is 10.7 Å². The third-order valence-corrected chi connectivity index (χ3v) is 4.84. The van der Waals surface area contributed by atoms with Gasteiger partial charge in [-0.25, -0.2) is 0 Å². The van der Waals surface area contributed by atoms with Crippen molar-refractivity contribution in [2.75, 3.05) is 19.6 Å². The molecule has 1 aliphatic carbocycles. The number of nitrogens with one attached hydrogen (secondary N) is 1. The van der Waals surface area contributed by atoms with E-state index >= 15 is 0 Å². The van der Waals surface area contributed by atoms with Crippen molar-refractivity contribution < 1.29 is 4.42 Å². The van der Waals surface area contributed by atoms with Gasteiger partial charge in [0.25, 0.3) is 0 Å². The topological polar surface area (TPSA) is 66.8 Å². The van der Waals surface area contributed by atoms with E-state index in [9.17, 15) is 0 Å². The number of nitrogens with two attached hydrogens (primary N) is 1. The van der Waals surface area contributed by atoms with E-state index in [0.717, 1.165) is 18.8 Å². The van der Waals surface area contributed by atoms with Gasteiger partial charge in [0, 0.05) is 6.04 Å². The highest BCUT2D eigenvalue weighted by Gasteiger charge is 2.24. The lowest BCUT2D eigenvalue weighted by Gasteiger charge is -2.32. The minimum absolute atomic E-state index is 0.208. The summed E-state index contributed by atoms with van der Waals surface area (Å²) in [5, 5.41) is 3.36. The first-order valence-electron chi connectivity index (χ1n) is 8.67. The van der Waals surface area contributed by atoms with Crippen LogP contribution in [0.1, 0.15) is 56.7 Å². The van der Waals surface area contributed by atoms with E-state index in [2.05, 4.69) is 21.3 Å². The molecule has 1 aromatic rings. The average Bonchev–Trinajstić information content (AvgIpc) is 3.22. The first-order valence-corrected chi connectivity index (χ1v) is 8.67. The van der Waals surface area contributed by atoms with Gasteiger partial charge in [0.2, 0.25) is 0 Å². The van der Waals surface area contributed by atoms with Crippen LogP contribution in [0.25, 0.3) is 0 Å². The van der Waals surface area contributed by atoms with Gasteiger partial charge >= 0.3 is 0 Å². The van der Waals surface area contributed by atoms with Gasteiger partial charge in [-0.3, -0.25) is 9.89 Å². The third-order valence-electron chi connectivity index (χ3n) is 4.84. The molecule has 1 unspecified atom stereocenters. The van der Waals surface area contributed by atoms with Crippen LogP contribution in [0.3, 0.4) is 0 Å². The zero-order valence-corrected chi connectivity index (χ0v) is 13.3. The van der Waals surface area contributed by atoms with E-state index in [1.807, 2.05) is 6.07 Å². The van der Waals surface area contributed by atoms with E-state index in [1.54, 1.807) is 6.26 Å². The number of hydrogen-bond acceptors (Lipinski definition) is 3. The van der Waals surface area contributed by atoms with Gasteiger partial charge in [-0.15, -0.1) is 0 Å². The molecule has 3 N–H and O–H groups in total. The number of aliphatic imine (C=N–C) groups is 1. The quantitative estimate of drug-likeness (QED) is 0.648. The number of piperidine rings is 1. The third kappa shape index (κ3) is 4.03. The monoisotopic (exact) mass is 304 g/mol. The van der Waals surface area contributed by atoms with Crippen molar-refractivity contribution in [3.8, 4) is 0 Å². The first-order chi connectivity index (χ1) is 10.8. The van der Waals surface area contributed by atoms with Crippen LogP contribution in [0.5, 0.6) is 0 Å². The second kappa shape index (κ2) is 7.68. The lowest BCUT2D eigenvalue weighted by Crippen LogP contribution is -2.40. The standard InChI is InChI=1S/C17H28N4O/c18-17(20-14-7-2-3-8-14)19-13-15(16-9-6-12-22-16)21-10-4-1-5-11-21/h6,9,12,14-15H,1-5,7-8,10-11,13H2,(H3,18,19,20). The smallest absolute Gasteiger partial charge is 0.188 e. The number of rotatable bonds is 5. The maximum Gasteiger partial charge on any atom is 0.188 e. The van der Waals surface area contributed by atoms with E-state index in [1.165, 1.54) is 44.9 Å². The molecule has 1 saturated heterocycles. The summed E-state index contributed by atoms with van der Waals surface area (Å²) in [6, 6.07) is 4.73. The number of nitrogens with zero attached hydrogens (tertiary/aromatic N) is 2. The van der Waals surface area contributed by atoms with Crippen LogP contribution in [-0.4, -0.2) is 36.5 Å². The highest BCUT2D eigenvalue weighted by Crippen LogP contribution is 2.25. The van der Waals surface area contributed by atoms with Crippen LogP contribution >= 0.6 is 0 Å². The summed E-state index contributed by atoms with van der Waals surface area (Å²) in [5.74, 6) is 1.58. The number of hydrogen-bond donors (Lipinski definition) is 2. The molecule has 5 nitrogen and oxygen atoms in total.